The Morgan fingerprint density at radius 3 is 2.68 bits per heavy atom. The second kappa shape index (κ2) is 7.44. The number of hydrogen-bond acceptors (Lipinski definition) is 5. The maximum absolute atomic E-state index is 12.3. The third kappa shape index (κ3) is 3.75. The van der Waals surface area contributed by atoms with Gasteiger partial charge in [-0.15, -0.1) is 0 Å². The van der Waals surface area contributed by atoms with Crippen molar-refractivity contribution in [1.82, 2.24) is 0 Å². The smallest absolute Gasteiger partial charge is 0.346 e. The van der Waals surface area contributed by atoms with Crippen LogP contribution in [0.15, 0.2) is 68.8 Å². The lowest BCUT2D eigenvalue weighted by Gasteiger charge is -2.08. The van der Waals surface area contributed by atoms with Crippen molar-refractivity contribution in [1.29, 1.82) is 0 Å². The fraction of sp³-hybridized carbons (Fsp3) is 0.143. The summed E-state index contributed by atoms with van der Waals surface area (Å²) in [4.78, 5) is 40.8. The minimum atomic E-state index is -0.661. The van der Waals surface area contributed by atoms with Crippen molar-refractivity contribution >= 4 is 45.3 Å². The maximum atomic E-state index is 12.3. The average Bonchev–Trinajstić information content (AvgIpc) is 3.03. The zero-order valence-corrected chi connectivity index (χ0v) is 15.8. The van der Waals surface area contributed by atoms with E-state index in [0.29, 0.717) is 11.3 Å². The molecule has 4 rings (SSSR count). The summed E-state index contributed by atoms with van der Waals surface area (Å²) in [5.74, 6) is -0.705. The molecular formula is C21H16N2O4S. The van der Waals surface area contributed by atoms with Crippen LogP contribution < -0.4 is 10.9 Å². The summed E-state index contributed by atoms with van der Waals surface area (Å²) in [6, 6.07) is 16.2. The Bertz CT molecular complexity index is 1160. The van der Waals surface area contributed by atoms with Crippen LogP contribution in [0.3, 0.4) is 0 Å². The van der Waals surface area contributed by atoms with Crippen LogP contribution in [0.1, 0.15) is 17.5 Å². The van der Waals surface area contributed by atoms with Gasteiger partial charge in [0, 0.05) is 17.5 Å². The van der Waals surface area contributed by atoms with E-state index in [1.165, 1.54) is 0 Å². The number of aryl methyl sites for hydroxylation is 1. The van der Waals surface area contributed by atoms with Gasteiger partial charge in [-0.2, -0.15) is 0 Å². The van der Waals surface area contributed by atoms with Crippen molar-refractivity contribution in [2.24, 2.45) is 4.99 Å². The molecule has 2 heterocycles. The van der Waals surface area contributed by atoms with Crippen LogP contribution in [0.2, 0.25) is 0 Å². The molecule has 1 aliphatic rings. The minimum Gasteiger partial charge on any atom is -0.422 e. The van der Waals surface area contributed by atoms with Crippen LogP contribution in [-0.2, 0) is 9.59 Å². The number of amides is 2. The highest BCUT2D eigenvalue weighted by atomic mass is 32.2. The summed E-state index contributed by atoms with van der Waals surface area (Å²) in [6.45, 7) is 1.96. The molecule has 0 spiro atoms. The molecule has 28 heavy (non-hydrogen) atoms. The van der Waals surface area contributed by atoms with Gasteiger partial charge in [-0.1, -0.05) is 47.7 Å². The summed E-state index contributed by atoms with van der Waals surface area (Å²) >= 11 is 1.12. The van der Waals surface area contributed by atoms with E-state index in [0.717, 1.165) is 22.7 Å². The number of aliphatic imine (C=N–C) groups is 1. The molecule has 0 bridgehead atoms. The first-order valence-corrected chi connectivity index (χ1v) is 9.56. The molecule has 0 saturated heterocycles. The van der Waals surface area contributed by atoms with Crippen molar-refractivity contribution in [2.75, 3.05) is 5.32 Å². The lowest BCUT2D eigenvalue weighted by Crippen LogP contribution is -2.21. The van der Waals surface area contributed by atoms with E-state index in [-0.39, 0.29) is 22.9 Å². The predicted molar refractivity (Wildman–Crippen MR) is 110 cm³/mol. The van der Waals surface area contributed by atoms with Gasteiger partial charge in [-0.25, -0.2) is 9.79 Å². The number of thioether (sulfide) groups is 1. The number of anilines is 1. The van der Waals surface area contributed by atoms with Crippen LogP contribution in [0.5, 0.6) is 0 Å². The van der Waals surface area contributed by atoms with Gasteiger partial charge >= 0.3 is 5.63 Å². The molecule has 1 atom stereocenters. The number of nitrogens with zero attached hydrogens (tertiary/aromatic N) is 1. The van der Waals surface area contributed by atoms with Crippen molar-refractivity contribution in [2.45, 2.75) is 18.6 Å². The summed E-state index contributed by atoms with van der Waals surface area (Å²) in [7, 11) is 0. The SMILES string of the molecule is Cc1ccc(NC(=O)CC2SC(c3cc4ccccc4oc3=O)=NC2=O)cc1. The van der Waals surface area contributed by atoms with Gasteiger partial charge in [0.05, 0.1) is 5.56 Å². The first kappa shape index (κ1) is 18.2. The molecule has 1 N–H and O–H groups in total. The van der Waals surface area contributed by atoms with Gasteiger partial charge < -0.3 is 9.73 Å². The van der Waals surface area contributed by atoms with E-state index < -0.39 is 16.8 Å². The number of para-hydroxylation sites is 1. The first-order chi connectivity index (χ1) is 13.5. The van der Waals surface area contributed by atoms with Crippen LogP contribution in [0.25, 0.3) is 11.0 Å². The number of benzene rings is 2. The fourth-order valence-electron chi connectivity index (χ4n) is 2.86. The molecule has 0 fully saturated rings. The summed E-state index contributed by atoms with van der Waals surface area (Å²) in [6.07, 6.45) is -0.0245. The largest absolute Gasteiger partial charge is 0.422 e. The molecule has 0 saturated carbocycles. The Morgan fingerprint density at radius 2 is 1.89 bits per heavy atom. The van der Waals surface area contributed by atoms with Crippen LogP contribution in [0, 0.1) is 6.92 Å². The van der Waals surface area contributed by atoms with Crippen LogP contribution in [-0.4, -0.2) is 22.1 Å². The minimum absolute atomic E-state index is 0.0245. The average molecular weight is 392 g/mol. The van der Waals surface area contributed by atoms with E-state index in [9.17, 15) is 14.4 Å². The zero-order valence-electron chi connectivity index (χ0n) is 15.0. The molecule has 1 unspecified atom stereocenters. The molecule has 2 aromatic carbocycles. The number of nitrogens with one attached hydrogen (secondary N) is 1. The second-order valence-electron chi connectivity index (χ2n) is 6.47. The van der Waals surface area contributed by atoms with Crippen molar-refractivity contribution in [3.63, 3.8) is 0 Å². The molecule has 0 aliphatic carbocycles. The van der Waals surface area contributed by atoms with Gasteiger partial charge in [0.25, 0.3) is 5.91 Å². The molecule has 140 valence electrons. The van der Waals surface area contributed by atoms with Crippen LogP contribution in [0.4, 0.5) is 5.69 Å². The topological polar surface area (TPSA) is 88.7 Å². The van der Waals surface area contributed by atoms with E-state index >= 15 is 0 Å². The highest BCUT2D eigenvalue weighted by Crippen LogP contribution is 2.29. The van der Waals surface area contributed by atoms with Gasteiger partial charge in [0.2, 0.25) is 5.91 Å². The number of rotatable bonds is 4. The fourth-order valence-corrected chi connectivity index (χ4v) is 3.93. The van der Waals surface area contributed by atoms with Gasteiger partial charge in [-0.3, -0.25) is 9.59 Å². The zero-order chi connectivity index (χ0) is 19.7. The summed E-state index contributed by atoms with van der Waals surface area (Å²) in [5.41, 5.74) is 1.91. The number of fused-ring (bicyclic) bond motifs is 1. The molecular weight excluding hydrogens is 376 g/mol. The first-order valence-electron chi connectivity index (χ1n) is 8.68. The second-order valence-corrected chi connectivity index (χ2v) is 7.66. The molecule has 6 nitrogen and oxygen atoms in total. The molecule has 7 heteroatoms. The molecule has 1 aliphatic heterocycles. The number of carbonyl (C=O) groups is 2. The third-order valence-corrected chi connectivity index (χ3v) is 5.51. The van der Waals surface area contributed by atoms with Crippen LogP contribution >= 0.6 is 11.8 Å². The predicted octanol–water partition coefficient (Wildman–Crippen LogP) is 3.52. The maximum Gasteiger partial charge on any atom is 0.346 e. The normalized spacial score (nSPS) is 16.2. The third-order valence-electron chi connectivity index (χ3n) is 4.32. The van der Waals surface area contributed by atoms with Gasteiger partial charge in [0.15, 0.2) is 0 Å². The van der Waals surface area contributed by atoms with Gasteiger partial charge in [0.1, 0.15) is 15.9 Å². The lowest BCUT2D eigenvalue weighted by atomic mass is 10.2. The monoisotopic (exact) mass is 392 g/mol. The number of carbonyl (C=O) groups excluding carboxylic acids is 2. The van der Waals surface area contributed by atoms with E-state index in [4.69, 9.17) is 4.42 Å². The highest BCUT2D eigenvalue weighted by molar-refractivity contribution is 8.16. The van der Waals surface area contributed by atoms with Crippen molar-refractivity contribution < 1.29 is 14.0 Å². The Balaban J connectivity index is 1.48. The van der Waals surface area contributed by atoms with E-state index in [1.807, 2.05) is 31.2 Å². The van der Waals surface area contributed by atoms with E-state index in [1.54, 1.807) is 30.3 Å². The Labute approximate surface area is 164 Å². The quantitative estimate of drug-likeness (QED) is 0.686. The van der Waals surface area contributed by atoms with Crippen molar-refractivity contribution in [3.8, 4) is 0 Å². The highest BCUT2D eigenvalue weighted by Gasteiger charge is 2.32. The summed E-state index contributed by atoms with van der Waals surface area (Å²) in [5, 5.41) is 3.14. The Hall–Kier alpha value is -3.19. The molecule has 0 radical (unpaired) electrons. The van der Waals surface area contributed by atoms with Crippen molar-refractivity contribution in [3.05, 3.63) is 76.1 Å². The Kier molecular flexibility index (Phi) is 4.83. The lowest BCUT2D eigenvalue weighted by molar-refractivity contribution is -0.121. The number of hydrogen-bond donors (Lipinski definition) is 1. The van der Waals surface area contributed by atoms with Gasteiger partial charge in [-0.05, 0) is 31.2 Å². The molecule has 2 amide bonds. The Morgan fingerprint density at radius 1 is 1.14 bits per heavy atom. The molecule has 1 aromatic heterocycles. The summed E-state index contributed by atoms with van der Waals surface area (Å²) < 4.78 is 5.31. The van der Waals surface area contributed by atoms with E-state index in [2.05, 4.69) is 10.3 Å². The molecule has 3 aromatic rings. The standard InChI is InChI=1S/C21H16N2O4S/c1-12-6-8-14(9-7-12)22-18(24)11-17-19(25)23-20(28-17)15-10-13-4-2-3-5-16(13)27-21(15)26/h2-10,17H,11H2,1H3,(H,22,24).